The summed E-state index contributed by atoms with van der Waals surface area (Å²) in [5, 5.41) is 4.26. The van der Waals surface area contributed by atoms with Crippen molar-refractivity contribution in [3.8, 4) is 5.69 Å². The molecule has 1 aromatic heterocycles. The molecule has 0 fully saturated rings. The van der Waals surface area contributed by atoms with E-state index >= 15 is 0 Å². The maximum absolute atomic E-state index is 12.0. The summed E-state index contributed by atoms with van der Waals surface area (Å²) in [5.41, 5.74) is 7.31. The summed E-state index contributed by atoms with van der Waals surface area (Å²) >= 11 is 0. The van der Waals surface area contributed by atoms with Crippen LogP contribution in [0.25, 0.3) is 17.8 Å². The second kappa shape index (κ2) is 12.9. The Balaban J connectivity index is 2.44. The Morgan fingerprint density at radius 2 is 1.50 bits per heavy atom. The van der Waals surface area contributed by atoms with E-state index in [9.17, 15) is 14.4 Å². The Labute approximate surface area is 187 Å². The molecule has 0 aliphatic rings. The largest absolute Gasteiger partial charge is 0.463 e. The van der Waals surface area contributed by atoms with Crippen molar-refractivity contribution in [1.82, 2.24) is 9.78 Å². The van der Waals surface area contributed by atoms with Gasteiger partial charge in [0.25, 0.3) is 0 Å². The highest BCUT2D eigenvalue weighted by Crippen LogP contribution is 2.25. The molecular weight excluding hydrogens is 410 g/mol. The van der Waals surface area contributed by atoms with Crippen LogP contribution in [0, 0.1) is 0 Å². The number of carbonyl (C=O) groups is 3. The van der Waals surface area contributed by atoms with Gasteiger partial charge in [0.2, 0.25) is 5.91 Å². The lowest BCUT2D eigenvalue weighted by atomic mass is 10.0. The van der Waals surface area contributed by atoms with Crippen molar-refractivity contribution >= 4 is 30.0 Å². The molecule has 2 N–H and O–H groups in total. The summed E-state index contributed by atoms with van der Waals surface area (Å²) in [4.78, 5) is 36.0. The number of rotatable bonds is 12. The first-order valence-corrected chi connectivity index (χ1v) is 10.6. The van der Waals surface area contributed by atoms with Crippen LogP contribution in [0.4, 0.5) is 0 Å². The van der Waals surface area contributed by atoms with E-state index in [0.29, 0.717) is 30.0 Å². The Morgan fingerprint density at radius 3 is 1.91 bits per heavy atom. The van der Waals surface area contributed by atoms with E-state index in [0.717, 1.165) is 25.7 Å². The van der Waals surface area contributed by atoms with E-state index in [4.69, 9.17) is 15.2 Å². The van der Waals surface area contributed by atoms with Crippen molar-refractivity contribution in [2.24, 2.45) is 5.73 Å². The van der Waals surface area contributed by atoms with E-state index in [1.165, 1.54) is 24.3 Å². The van der Waals surface area contributed by atoms with Crippen molar-refractivity contribution in [3.05, 3.63) is 59.4 Å². The fourth-order valence-corrected chi connectivity index (χ4v) is 2.79. The molecule has 2 aromatic rings. The number of benzene rings is 1. The Morgan fingerprint density at radius 1 is 0.969 bits per heavy atom. The SMILES string of the molecule is CCCCOC(=O)/C=C/c1cc(C(N)=O)cc(/C=C/C(=O)OCCCC)c1-n1cccn1. The molecule has 0 spiro atoms. The van der Waals surface area contributed by atoms with Crippen LogP contribution in [0.15, 0.2) is 42.7 Å². The summed E-state index contributed by atoms with van der Waals surface area (Å²) in [6.07, 6.45) is 12.3. The van der Waals surface area contributed by atoms with Gasteiger partial charge in [0.05, 0.1) is 18.9 Å². The van der Waals surface area contributed by atoms with Crippen LogP contribution in [-0.2, 0) is 19.1 Å². The van der Waals surface area contributed by atoms with Crippen molar-refractivity contribution in [2.45, 2.75) is 39.5 Å². The molecule has 1 heterocycles. The van der Waals surface area contributed by atoms with Gasteiger partial charge in [0.1, 0.15) is 0 Å². The number of nitrogens with two attached hydrogens (primary N) is 1. The normalized spacial score (nSPS) is 11.2. The highest BCUT2D eigenvalue weighted by molar-refractivity contribution is 5.97. The van der Waals surface area contributed by atoms with E-state index in [2.05, 4.69) is 5.10 Å². The van der Waals surface area contributed by atoms with Crippen LogP contribution in [0.3, 0.4) is 0 Å². The van der Waals surface area contributed by atoms with Crippen LogP contribution in [-0.4, -0.2) is 40.8 Å². The number of nitrogens with zero attached hydrogens (tertiary/aromatic N) is 2. The van der Waals surface area contributed by atoms with Gasteiger partial charge >= 0.3 is 11.9 Å². The number of amides is 1. The number of primary amides is 1. The van der Waals surface area contributed by atoms with Gasteiger partial charge in [0, 0.05) is 41.2 Å². The lowest BCUT2D eigenvalue weighted by Crippen LogP contribution is -2.13. The third-order valence-electron chi connectivity index (χ3n) is 4.47. The molecule has 0 aliphatic heterocycles. The average molecular weight is 440 g/mol. The first kappa shape index (κ1) is 24.6. The highest BCUT2D eigenvalue weighted by atomic mass is 16.5. The van der Waals surface area contributed by atoms with E-state index in [1.807, 2.05) is 13.8 Å². The average Bonchev–Trinajstić information content (AvgIpc) is 3.30. The minimum absolute atomic E-state index is 0.221. The van der Waals surface area contributed by atoms with Crippen LogP contribution in [0.5, 0.6) is 0 Å². The molecule has 0 saturated heterocycles. The Kier molecular flexibility index (Phi) is 9.90. The van der Waals surface area contributed by atoms with Gasteiger partial charge in [-0.25, -0.2) is 14.3 Å². The standard InChI is InChI=1S/C24H29N3O5/c1-3-5-14-31-21(28)10-8-18-16-20(24(25)30)17-19(23(18)27-13-7-12-26-27)9-11-22(29)32-15-6-4-2/h7-13,16-17H,3-6,14-15H2,1-2H3,(H2,25,30)/b10-8+,11-9+. The molecule has 8 heteroatoms. The van der Waals surface area contributed by atoms with Gasteiger partial charge in [-0.3, -0.25) is 4.79 Å². The second-order valence-electron chi connectivity index (χ2n) is 7.03. The van der Waals surface area contributed by atoms with Gasteiger partial charge in [-0.1, -0.05) is 26.7 Å². The zero-order valence-corrected chi connectivity index (χ0v) is 18.5. The van der Waals surface area contributed by atoms with Crippen LogP contribution >= 0.6 is 0 Å². The molecule has 0 saturated carbocycles. The zero-order valence-electron chi connectivity index (χ0n) is 18.5. The molecular formula is C24H29N3O5. The minimum atomic E-state index is -0.641. The summed E-state index contributed by atoms with van der Waals surface area (Å²) in [6.45, 7) is 4.68. The maximum atomic E-state index is 12.0. The molecule has 2 rings (SSSR count). The monoisotopic (exact) mass is 439 g/mol. The summed E-state index contributed by atoms with van der Waals surface area (Å²) in [6, 6.07) is 4.86. The number of esters is 2. The van der Waals surface area contributed by atoms with Crippen LogP contribution < -0.4 is 5.73 Å². The fourth-order valence-electron chi connectivity index (χ4n) is 2.79. The molecule has 32 heavy (non-hydrogen) atoms. The molecule has 0 aliphatic carbocycles. The van der Waals surface area contributed by atoms with Gasteiger partial charge in [-0.15, -0.1) is 0 Å². The quantitative estimate of drug-likeness (QED) is 0.307. The minimum Gasteiger partial charge on any atom is -0.463 e. The van der Waals surface area contributed by atoms with Gasteiger partial charge in [-0.05, 0) is 43.2 Å². The second-order valence-corrected chi connectivity index (χ2v) is 7.03. The molecule has 1 aromatic carbocycles. The maximum Gasteiger partial charge on any atom is 0.330 e. The molecule has 0 radical (unpaired) electrons. The lowest BCUT2D eigenvalue weighted by molar-refractivity contribution is -0.138. The molecule has 8 nitrogen and oxygen atoms in total. The fraction of sp³-hybridized carbons (Fsp3) is 0.333. The van der Waals surface area contributed by atoms with Gasteiger partial charge in [-0.2, -0.15) is 5.10 Å². The van der Waals surface area contributed by atoms with Crippen molar-refractivity contribution in [3.63, 3.8) is 0 Å². The van der Waals surface area contributed by atoms with Crippen LogP contribution in [0.1, 0.15) is 61.0 Å². The number of hydrogen-bond donors (Lipinski definition) is 1. The predicted octanol–water partition coefficient (Wildman–Crippen LogP) is 3.68. The first-order chi connectivity index (χ1) is 15.5. The lowest BCUT2D eigenvalue weighted by Gasteiger charge is -2.13. The zero-order chi connectivity index (χ0) is 23.3. The van der Waals surface area contributed by atoms with Crippen molar-refractivity contribution in [2.75, 3.05) is 13.2 Å². The topological polar surface area (TPSA) is 114 Å². The highest BCUT2D eigenvalue weighted by Gasteiger charge is 2.14. The summed E-state index contributed by atoms with van der Waals surface area (Å²) in [7, 11) is 0. The molecule has 0 atom stereocenters. The third-order valence-corrected chi connectivity index (χ3v) is 4.47. The smallest absolute Gasteiger partial charge is 0.330 e. The third kappa shape index (κ3) is 7.54. The number of ether oxygens (including phenoxy) is 2. The predicted molar refractivity (Wildman–Crippen MR) is 122 cm³/mol. The molecule has 170 valence electrons. The van der Waals surface area contributed by atoms with Gasteiger partial charge < -0.3 is 15.2 Å². The van der Waals surface area contributed by atoms with Crippen molar-refractivity contribution < 1.29 is 23.9 Å². The first-order valence-electron chi connectivity index (χ1n) is 10.6. The Hall–Kier alpha value is -3.68. The van der Waals surface area contributed by atoms with Crippen molar-refractivity contribution in [1.29, 1.82) is 0 Å². The summed E-state index contributed by atoms with van der Waals surface area (Å²) < 4.78 is 11.9. The van der Waals surface area contributed by atoms with Crippen LogP contribution in [0.2, 0.25) is 0 Å². The molecule has 0 bridgehead atoms. The molecule has 0 unspecified atom stereocenters. The number of hydrogen-bond acceptors (Lipinski definition) is 6. The number of aromatic nitrogens is 2. The Bertz CT molecular complexity index is 925. The van der Waals surface area contributed by atoms with E-state index < -0.39 is 17.8 Å². The van der Waals surface area contributed by atoms with Gasteiger partial charge in [0.15, 0.2) is 0 Å². The van der Waals surface area contributed by atoms with E-state index in [1.54, 1.807) is 35.3 Å². The molecule has 1 amide bonds. The van der Waals surface area contributed by atoms with E-state index in [-0.39, 0.29) is 5.56 Å². The number of unbranched alkanes of at least 4 members (excludes halogenated alkanes) is 2. The number of carbonyl (C=O) groups excluding carboxylic acids is 3. The summed E-state index contributed by atoms with van der Waals surface area (Å²) in [5.74, 6) is -1.63.